The molecule has 0 rings (SSSR count). The third kappa shape index (κ3) is 5.51. The highest BCUT2D eigenvalue weighted by molar-refractivity contribution is 5.97. The van der Waals surface area contributed by atoms with Crippen molar-refractivity contribution in [2.24, 2.45) is 0 Å². The van der Waals surface area contributed by atoms with Crippen molar-refractivity contribution >= 4 is 11.9 Å². The minimum Gasteiger partial charge on any atom is -0.418 e. The van der Waals surface area contributed by atoms with Gasteiger partial charge < -0.3 is 10.1 Å². The van der Waals surface area contributed by atoms with E-state index in [1.54, 1.807) is 19.9 Å². The van der Waals surface area contributed by atoms with Crippen LogP contribution in [-0.2, 0) is 14.3 Å². The molecule has 0 atom stereocenters. The zero-order valence-corrected chi connectivity index (χ0v) is 10.2. The number of esters is 1. The van der Waals surface area contributed by atoms with Crippen LogP contribution < -0.4 is 5.32 Å². The lowest BCUT2D eigenvalue weighted by Crippen LogP contribution is -2.22. The molecule has 0 saturated carbocycles. The van der Waals surface area contributed by atoms with Gasteiger partial charge in [-0.25, -0.2) is 4.79 Å². The van der Waals surface area contributed by atoms with Crippen molar-refractivity contribution in [3.8, 4) is 0 Å². The fourth-order valence-corrected chi connectivity index (χ4v) is 0.694. The number of nitrogens with one attached hydrogen (secondary N) is 1. The molecular formula is C13H17NO3. The van der Waals surface area contributed by atoms with Crippen LogP contribution in [0.2, 0.25) is 0 Å². The van der Waals surface area contributed by atoms with E-state index in [-0.39, 0.29) is 11.3 Å². The average molecular weight is 235 g/mol. The lowest BCUT2D eigenvalue weighted by molar-refractivity contribution is -0.139. The first kappa shape index (κ1) is 14.9. The Balaban J connectivity index is 4.34. The van der Waals surface area contributed by atoms with E-state index in [2.05, 4.69) is 25.1 Å². The van der Waals surface area contributed by atoms with Crippen molar-refractivity contribution in [3.05, 3.63) is 48.9 Å². The number of hydrogen-bond donors (Lipinski definition) is 1. The summed E-state index contributed by atoms with van der Waals surface area (Å²) in [7, 11) is 0. The Morgan fingerprint density at radius 1 is 1.35 bits per heavy atom. The maximum atomic E-state index is 11.4. The van der Waals surface area contributed by atoms with E-state index >= 15 is 0 Å². The first-order chi connectivity index (χ1) is 7.92. The van der Waals surface area contributed by atoms with Gasteiger partial charge in [-0.15, -0.1) is 0 Å². The molecule has 0 aromatic carbocycles. The first-order valence-corrected chi connectivity index (χ1v) is 5.11. The molecule has 0 aliphatic heterocycles. The summed E-state index contributed by atoms with van der Waals surface area (Å²) in [6, 6.07) is 0. The summed E-state index contributed by atoms with van der Waals surface area (Å²) >= 11 is 0. The van der Waals surface area contributed by atoms with Crippen molar-refractivity contribution in [1.29, 1.82) is 0 Å². The summed E-state index contributed by atoms with van der Waals surface area (Å²) in [5.74, 6) is -1.49. The van der Waals surface area contributed by atoms with Gasteiger partial charge in [0.2, 0.25) is 0 Å². The van der Waals surface area contributed by atoms with Gasteiger partial charge in [-0.1, -0.05) is 32.7 Å². The van der Waals surface area contributed by atoms with Crippen LogP contribution in [-0.4, -0.2) is 11.9 Å². The number of hydrogen-bond acceptors (Lipinski definition) is 3. The molecule has 17 heavy (non-hydrogen) atoms. The largest absolute Gasteiger partial charge is 0.418 e. The van der Waals surface area contributed by atoms with Gasteiger partial charge in [-0.3, -0.25) is 4.79 Å². The molecule has 0 fully saturated rings. The fraction of sp³-hybridized carbons (Fsp3) is 0.231. The molecule has 0 saturated heterocycles. The van der Waals surface area contributed by atoms with Gasteiger partial charge >= 0.3 is 5.97 Å². The number of amides is 1. The summed E-state index contributed by atoms with van der Waals surface area (Å²) in [6.07, 6.45) is 3.49. The van der Waals surface area contributed by atoms with Crippen LogP contribution in [0.4, 0.5) is 0 Å². The highest BCUT2D eigenvalue weighted by atomic mass is 16.5. The van der Waals surface area contributed by atoms with Gasteiger partial charge in [0.1, 0.15) is 0 Å². The molecule has 0 radical (unpaired) electrons. The summed E-state index contributed by atoms with van der Waals surface area (Å²) in [4.78, 5) is 22.7. The molecule has 0 unspecified atom stereocenters. The fourth-order valence-electron chi connectivity index (χ4n) is 0.694. The van der Waals surface area contributed by atoms with Gasteiger partial charge in [0.15, 0.2) is 5.76 Å². The quantitative estimate of drug-likeness (QED) is 0.332. The molecule has 0 spiro atoms. The zero-order valence-electron chi connectivity index (χ0n) is 10.2. The SMILES string of the molecule is C=C/C(C)=C/NC(=O)C(=C)OC(=O)C(=C)CC. The molecule has 0 aliphatic rings. The lowest BCUT2D eigenvalue weighted by Gasteiger charge is -2.06. The molecule has 4 heteroatoms. The third-order valence-corrected chi connectivity index (χ3v) is 1.94. The number of carbonyl (C=O) groups is 2. The Kier molecular flexibility index (Phi) is 6.33. The predicted octanol–water partition coefficient (Wildman–Crippen LogP) is 2.22. The third-order valence-electron chi connectivity index (χ3n) is 1.94. The standard InChI is InChI=1S/C13H17NO3/c1-6-9(3)8-14-12(15)11(5)17-13(16)10(4)7-2/h6,8H,1,4-5,7H2,2-3H3,(H,14,15)/b9-8+. The second kappa shape index (κ2) is 7.22. The summed E-state index contributed by atoms with van der Waals surface area (Å²) < 4.78 is 4.73. The maximum Gasteiger partial charge on any atom is 0.338 e. The van der Waals surface area contributed by atoms with Gasteiger partial charge in [0.25, 0.3) is 5.91 Å². The number of ether oxygens (including phenoxy) is 1. The van der Waals surface area contributed by atoms with Gasteiger partial charge in [-0.2, -0.15) is 0 Å². The molecular weight excluding hydrogens is 218 g/mol. The van der Waals surface area contributed by atoms with E-state index in [4.69, 9.17) is 4.74 Å². The number of rotatable bonds is 6. The topological polar surface area (TPSA) is 55.4 Å². The van der Waals surface area contributed by atoms with E-state index in [0.717, 1.165) is 5.57 Å². The molecule has 1 amide bonds. The van der Waals surface area contributed by atoms with E-state index in [1.807, 2.05) is 0 Å². The summed E-state index contributed by atoms with van der Waals surface area (Å²) in [5.41, 5.74) is 1.06. The van der Waals surface area contributed by atoms with Crippen molar-refractivity contribution in [3.63, 3.8) is 0 Å². The molecule has 92 valence electrons. The van der Waals surface area contributed by atoms with Crippen LogP contribution in [0.5, 0.6) is 0 Å². The Labute approximate surface area is 101 Å². The van der Waals surface area contributed by atoms with Crippen LogP contribution >= 0.6 is 0 Å². The zero-order chi connectivity index (χ0) is 13.4. The monoisotopic (exact) mass is 235 g/mol. The lowest BCUT2D eigenvalue weighted by atomic mass is 10.2. The van der Waals surface area contributed by atoms with E-state index in [1.165, 1.54) is 6.20 Å². The molecule has 0 aliphatic carbocycles. The van der Waals surface area contributed by atoms with Crippen LogP contribution in [0.3, 0.4) is 0 Å². The normalized spacial score (nSPS) is 10.4. The second-order valence-electron chi connectivity index (χ2n) is 3.34. The number of allylic oxidation sites excluding steroid dienone is 2. The molecule has 0 bridgehead atoms. The minimum absolute atomic E-state index is 0.266. The van der Waals surface area contributed by atoms with Gasteiger partial charge in [0, 0.05) is 11.8 Å². The molecule has 0 aromatic heterocycles. The van der Waals surface area contributed by atoms with Crippen molar-refractivity contribution in [1.82, 2.24) is 5.32 Å². The van der Waals surface area contributed by atoms with Gasteiger partial charge in [-0.05, 0) is 18.9 Å². The van der Waals surface area contributed by atoms with Crippen molar-refractivity contribution in [2.75, 3.05) is 0 Å². The molecule has 0 aromatic rings. The Morgan fingerprint density at radius 2 is 1.94 bits per heavy atom. The average Bonchev–Trinajstić information content (AvgIpc) is 2.33. The Hall–Kier alpha value is -2.10. The van der Waals surface area contributed by atoms with E-state index < -0.39 is 11.9 Å². The minimum atomic E-state index is -0.642. The predicted molar refractivity (Wildman–Crippen MR) is 66.8 cm³/mol. The molecule has 1 N–H and O–H groups in total. The molecule has 4 nitrogen and oxygen atoms in total. The second-order valence-corrected chi connectivity index (χ2v) is 3.34. The van der Waals surface area contributed by atoms with E-state index in [0.29, 0.717) is 6.42 Å². The number of carbonyl (C=O) groups excluding carboxylic acids is 2. The summed E-state index contributed by atoms with van der Waals surface area (Å²) in [6.45, 7) is 13.9. The van der Waals surface area contributed by atoms with Crippen LogP contribution in [0.15, 0.2) is 48.9 Å². The smallest absolute Gasteiger partial charge is 0.338 e. The van der Waals surface area contributed by atoms with Crippen LogP contribution in [0.25, 0.3) is 0 Å². The highest BCUT2D eigenvalue weighted by Gasteiger charge is 2.13. The summed E-state index contributed by atoms with van der Waals surface area (Å²) in [5, 5.41) is 2.42. The first-order valence-electron chi connectivity index (χ1n) is 5.11. The van der Waals surface area contributed by atoms with E-state index in [9.17, 15) is 9.59 Å². The van der Waals surface area contributed by atoms with Crippen molar-refractivity contribution < 1.29 is 14.3 Å². The van der Waals surface area contributed by atoms with Crippen LogP contribution in [0, 0.1) is 0 Å². The maximum absolute atomic E-state index is 11.4. The van der Waals surface area contributed by atoms with Gasteiger partial charge in [0.05, 0.1) is 0 Å². The van der Waals surface area contributed by atoms with Crippen LogP contribution in [0.1, 0.15) is 20.3 Å². The van der Waals surface area contributed by atoms with Crippen molar-refractivity contribution in [2.45, 2.75) is 20.3 Å². The Bertz CT molecular complexity index is 391. The highest BCUT2D eigenvalue weighted by Crippen LogP contribution is 2.04. The Morgan fingerprint density at radius 3 is 2.41 bits per heavy atom. The molecule has 0 heterocycles.